The second-order valence-electron chi connectivity index (χ2n) is 5.59. The van der Waals surface area contributed by atoms with Gasteiger partial charge in [-0.1, -0.05) is 38.1 Å². The van der Waals surface area contributed by atoms with E-state index in [-0.39, 0.29) is 5.91 Å². The highest BCUT2D eigenvalue weighted by molar-refractivity contribution is 7.13. The Labute approximate surface area is 139 Å². The molecule has 0 unspecified atom stereocenters. The van der Waals surface area contributed by atoms with Gasteiger partial charge in [0, 0.05) is 17.5 Å². The van der Waals surface area contributed by atoms with Crippen LogP contribution in [0.25, 0.3) is 10.6 Å². The fraction of sp³-hybridized carbons (Fsp3) is 0.222. The number of benzene rings is 1. The number of furan rings is 1. The number of hydrogen-bond acceptors (Lipinski definition) is 4. The molecule has 1 N–H and O–H groups in total. The van der Waals surface area contributed by atoms with E-state index >= 15 is 0 Å². The summed E-state index contributed by atoms with van der Waals surface area (Å²) in [5, 5.41) is 5.97. The van der Waals surface area contributed by atoms with Gasteiger partial charge in [0.25, 0.3) is 5.91 Å². The van der Waals surface area contributed by atoms with Crippen LogP contribution in [-0.2, 0) is 6.54 Å². The van der Waals surface area contributed by atoms with E-state index in [1.165, 1.54) is 6.26 Å². The number of aromatic nitrogens is 1. The molecule has 0 radical (unpaired) electrons. The summed E-state index contributed by atoms with van der Waals surface area (Å²) in [6, 6.07) is 11.4. The Morgan fingerprint density at radius 3 is 2.65 bits per heavy atom. The van der Waals surface area contributed by atoms with Gasteiger partial charge < -0.3 is 9.73 Å². The summed E-state index contributed by atoms with van der Waals surface area (Å²) in [6.07, 6.45) is 1.49. The van der Waals surface area contributed by atoms with Gasteiger partial charge in [-0.2, -0.15) is 0 Å². The first-order valence-electron chi connectivity index (χ1n) is 7.50. The van der Waals surface area contributed by atoms with Crippen molar-refractivity contribution in [2.75, 3.05) is 0 Å². The Hall–Kier alpha value is -2.40. The highest BCUT2D eigenvalue weighted by Crippen LogP contribution is 2.26. The van der Waals surface area contributed by atoms with Crippen molar-refractivity contribution < 1.29 is 9.21 Å². The van der Waals surface area contributed by atoms with E-state index in [9.17, 15) is 4.79 Å². The smallest absolute Gasteiger partial charge is 0.287 e. The van der Waals surface area contributed by atoms with Gasteiger partial charge in [-0.05, 0) is 23.6 Å². The monoisotopic (exact) mass is 326 g/mol. The third-order valence-electron chi connectivity index (χ3n) is 3.51. The third-order valence-corrected chi connectivity index (χ3v) is 4.42. The number of amides is 1. The van der Waals surface area contributed by atoms with Crippen LogP contribution < -0.4 is 5.32 Å². The fourth-order valence-corrected chi connectivity index (χ4v) is 3.11. The summed E-state index contributed by atoms with van der Waals surface area (Å²) in [5.41, 5.74) is 3.26. The van der Waals surface area contributed by atoms with Gasteiger partial charge in [0.15, 0.2) is 5.76 Å². The van der Waals surface area contributed by atoms with Crippen molar-refractivity contribution in [1.29, 1.82) is 0 Å². The van der Waals surface area contributed by atoms with Gasteiger partial charge in [0.1, 0.15) is 5.01 Å². The molecular weight excluding hydrogens is 308 g/mol. The van der Waals surface area contributed by atoms with Gasteiger partial charge in [0.05, 0.1) is 12.0 Å². The van der Waals surface area contributed by atoms with Crippen molar-refractivity contribution >= 4 is 17.2 Å². The molecule has 118 valence electrons. The molecule has 1 amide bonds. The zero-order valence-electron chi connectivity index (χ0n) is 13.1. The van der Waals surface area contributed by atoms with Crippen molar-refractivity contribution in [2.24, 2.45) is 0 Å². The second kappa shape index (κ2) is 6.79. The normalized spacial score (nSPS) is 10.9. The summed E-state index contributed by atoms with van der Waals surface area (Å²) in [4.78, 5) is 16.5. The molecule has 3 aromatic rings. The van der Waals surface area contributed by atoms with E-state index in [0.29, 0.717) is 18.2 Å². The Balaban J connectivity index is 1.63. The minimum absolute atomic E-state index is 0.208. The highest BCUT2D eigenvalue weighted by Gasteiger charge is 2.09. The number of carbonyl (C=O) groups excluding carboxylic acids is 1. The van der Waals surface area contributed by atoms with Crippen LogP contribution in [0.4, 0.5) is 0 Å². The summed E-state index contributed by atoms with van der Waals surface area (Å²) in [7, 11) is 0. The van der Waals surface area contributed by atoms with E-state index in [1.807, 2.05) is 24.3 Å². The van der Waals surface area contributed by atoms with Crippen LogP contribution in [0.3, 0.4) is 0 Å². The molecule has 0 atom stereocenters. The third kappa shape index (κ3) is 3.68. The van der Waals surface area contributed by atoms with Crippen LogP contribution in [0.2, 0.25) is 0 Å². The summed E-state index contributed by atoms with van der Waals surface area (Å²) in [5.74, 6) is 0.558. The Morgan fingerprint density at radius 2 is 2.04 bits per heavy atom. The van der Waals surface area contributed by atoms with Crippen LogP contribution >= 0.6 is 11.3 Å². The lowest BCUT2D eigenvalue weighted by molar-refractivity contribution is 0.0923. The predicted octanol–water partition coefficient (Wildman–Crippen LogP) is 4.46. The summed E-state index contributed by atoms with van der Waals surface area (Å²) < 4.78 is 5.06. The zero-order valence-corrected chi connectivity index (χ0v) is 13.9. The standard InChI is InChI=1S/C18H18N2O2S/c1-12(2)15-11-23-18(20-15)14-7-5-13(6-8-14)10-19-17(21)16-4-3-9-22-16/h3-9,11-12H,10H2,1-2H3,(H,19,21). The molecule has 0 saturated heterocycles. The van der Waals surface area contributed by atoms with Crippen LogP contribution in [0, 0.1) is 0 Å². The van der Waals surface area contributed by atoms with E-state index in [4.69, 9.17) is 4.42 Å². The van der Waals surface area contributed by atoms with E-state index in [1.54, 1.807) is 23.5 Å². The fourth-order valence-electron chi connectivity index (χ4n) is 2.13. The maximum Gasteiger partial charge on any atom is 0.287 e. The molecule has 23 heavy (non-hydrogen) atoms. The number of nitrogens with zero attached hydrogens (tertiary/aromatic N) is 1. The second-order valence-corrected chi connectivity index (χ2v) is 6.45. The van der Waals surface area contributed by atoms with Crippen LogP contribution in [0.5, 0.6) is 0 Å². The quantitative estimate of drug-likeness (QED) is 0.753. The van der Waals surface area contributed by atoms with Gasteiger partial charge in [-0.3, -0.25) is 4.79 Å². The summed E-state index contributed by atoms with van der Waals surface area (Å²) >= 11 is 1.66. The molecule has 2 aromatic heterocycles. The van der Waals surface area contributed by atoms with Gasteiger partial charge in [0.2, 0.25) is 0 Å². The lowest BCUT2D eigenvalue weighted by Gasteiger charge is -2.04. The average Bonchev–Trinajstić information content (AvgIpc) is 3.24. The zero-order chi connectivity index (χ0) is 16.2. The Morgan fingerprint density at radius 1 is 1.26 bits per heavy atom. The molecule has 0 aliphatic rings. The summed E-state index contributed by atoms with van der Waals surface area (Å²) in [6.45, 7) is 4.75. The number of thiazole rings is 1. The Kier molecular flexibility index (Phi) is 4.57. The van der Waals surface area contributed by atoms with Crippen LogP contribution in [-0.4, -0.2) is 10.9 Å². The molecule has 0 bridgehead atoms. The van der Waals surface area contributed by atoms with Crippen molar-refractivity contribution in [3.63, 3.8) is 0 Å². The number of hydrogen-bond donors (Lipinski definition) is 1. The first kappa shape index (κ1) is 15.5. The molecule has 2 heterocycles. The minimum atomic E-state index is -0.208. The SMILES string of the molecule is CC(C)c1csc(-c2ccc(CNC(=O)c3ccco3)cc2)n1. The van der Waals surface area contributed by atoms with Gasteiger partial charge in [-0.25, -0.2) is 4.98 Å². The number of carbonyl (C=O) groups is 1. The molecule has 0 saturated carbocycles. The lowest BCUT2D eigenvalue weighted by atomic mass is 10.1. The predicted molar refractivity (Wildman–Crippen MR) is 91.5 cm³/mol. The van der Waals surface area contributed by atoms with Crippen molar-refractivity contribution in [1.82, 2.24) is 10.3 Å². The highest BCUT2D eigenvalue weighted by atomic mass is 32.1. The molecule has 0 fully saturated rings. The minimum Gasteiger partial charge on any atom is -0.459 e. The van der Waals surface area contributed by atoms with E-state index in [0.717, 1.165) is 21.8 Å². The Bertz CT molecular complexity index is 774. The molecule has 3 rings (SSSR count). The first-order valence-corrected chi connectivity index (χ1v) is 8.38. The maximum absolute atomic E-state index is 11.8. The van der Waals surface area contributed by atoms with Crippen molar-refractivity contribution in [3.8, 4) is 10.6 Å². The van der Waals surface area contributed by atoms with Gasteiger partial charge in [-0.15, -0.1) is 11.3 Å². The first-order chi connectivity index (χ1) is 11.1. The van der Waals surface area contributed by atoms with Crippen LogP contribution in [0.15, 0.2) is 52.5 Å². The maximum atomic E-state index is 11.8. The van der Waals surface area contributed by atoms with Gasteiger partial charge >= 0.3 is 0 Å². The molecule has 0 aliphatic carbocycles. The molecule has 5 heteroatoms. The molecular formula is C18H18N2O2S. The molecule has 0 spiro atoms. The molecule has 1 aromatic carbocycles. The van der Waals surface area contributed by atoms with E-state index < -0.39 is 0 Å². The van der Waals surface area contributed by atoms with Crippen LogP contribution in [0.1, 0.15) is 41.6 Å². The largest absolute Gasteiger partial charge is 0.459 e. The topological polar surface area (TPSA) is 55.1 Å². The molecule has 4 nitrogen and oxygen atoms in total. The van der Waals surface area contributed by atoms with Crippen molar-refractivity contribution in [3.05, 3.63) is 65.1 Å². The number of nitrogens with one attached hydrogen (secondary N) is 1. The lowest BCUT2D eigenvalue weighted by Crippen LogP contribution is -2.22. The molecule has 0 aliphatic heterocycles. The average molecular weight is 326 g/mol. The number of rotatable bonds is 5. The van der Waals surface area contributed by atoms with Crippen molar-refractivity contribution in [2.45, 2.75) is 26.3 Å². The van der Waals surface area contributed by atoms with E-state index in [2.05, 4.69) is 29.5 Å².